The van der Waals surface area contributed by atoms with Gasteiger partial charge in [-0.1, -0.05) is 36.4 Å². The third-order valence-corrected chi connectivity index (χ3v) is 5.13. The summed E-state index contributed by atoms with van der Waals surface area (Å²) < 4.78 is 30.0. The molecule has 0 heterocycles. The molecule has 0 amide bonds. The number of nitro benzene ring substituents is 1. The first-order valence-corrected chi connectivity index (χ1v) is 10.3. The maximum absolute atomic E-state index is 12.1. The Morgan fingerprint density at radius 1 is 1.00 bits per heavy atom. The molecule has 3 aromatic carbocycles. The van der Waals surface area contributed by atoms with Crippen LogP contribution in [0.3, 0.4) is 0 Å². The van der Waals surface area contributed by atoms with Crippen molar-refractivity contribution in [3.63, 3.8) is 0 Å². The molecular formula is C20H18N2O5S. The molecule has 7 nitrogen and oxygen atoms in total. The molecule has 1 N–H and O–H groups in total. The average Bonchev–Trinajstić information content (AvgIpc) is 2.67. The van der Waals surface area contributed by atoms with Crippen molar-refractivity contribution in [1.82, 2.24) is 0 Å². The standard InChI is InChI=1S/C20H18N2O5S/c1-28(25,26)20-13-16(22(23)24)11-12-18(20)21-14-15-7-5-6-10-19(15)27-17-8-3-2-4-9-17/h2-13,21H,14H2,1H3. The molecule has 28 heavy (non-hydrogen) atoms. The molecule has 0 spiro atoms. The molecule has 0 unspecified atom stereocenters. The van der Waals surface area contributed by atoms with E-state index in [1.165, 1.54) is 12.1 Å². The molecule has 0 bridgehead atoms. The summed E-state index contributed by atoms with van der Waals surface area (Å²) >= 11 is 0. The Morgan fingerprint density at radius 2 is 1.68 bits per heavy atom. The molecule has 0 aromatic heterocycles. The van der Waals surface area contributed by atoms with Crippen molar-refractivity contribution >= 4 is 21.2 Å². The normalized spacial score (nSPS) is 11.0. The summed E-state index contributed by atoms with van der Waals surface area (Å²) in [5, 5.41) is 14.0. The van der Waals surface area contributed by atoms with Crippen LogP contribution < -0.4 is 10.1 Å². The van der Waals surface area contributed by atoms with Crippen molar-refractivity contribution in [2.45, 2.75) is 11.4 Å². The predicted molar refractivity (Wildman–Crippen MR) is 106 cm³/mol. The minimum Gasteiger partial charge on any atom is -0.457 e. The number of ether oxygens (including phenoxy) is 1. The fraction of sp³-hybridized carbons (Fsp3) is 0.100. The highest BCUT2D eigenvalue weighted by molar-refractivity contribution is 7.90. The zero-order valence-electron chi connectivity index (χ0n) is 15.0. The van der Waals surface area contributed by atoms with Gasteiger partial charge in [0.2, 0.25) is 0 Å². The summed E-state index contributed by atoms with van der Waals surface area (Å²) in [6.45, 7) is 0.281. The van der Waals surface area contributed by atoms with Gasteiger partial charge in [0.25, 0.3) is 5.69 Å². The molecule has 0 fully saturated rings. The highest BCUT2D eigenvalue weighted by Crippen LogP contribution is 2.29. The number of para-hydroxylation sites is 2. The van der Waals surface area contributed by atoms with Crippen LogP contribution in [0.1, 0.15) is 5.56 Å². The van der Waals surface area contributed by atoms with Gasteiger partial charge in [0.15, 0.2) is 9.84 Å². The summed E-state index contributed by atoms with van der Waals surface area (Å²) in [6, 6.07) is 20.4. The van der Waals surface area contributed by atoms with Crippen LogP contribution in [0.25, 0.3) is 0 Å². The molecule has 8 heteroatoms. The molecule has 0 aliphatic rings. The second kappa shape index (κ2) is 8.10. The first-order chi connectivity index (χ1) is 13.3. The van der Waals surface area contributed by atoms with E-state index in [0.717, 1.165) is 17.9 Å². The van der Waals surface area contributed by atoms with Crippen molar-refractivity contribution < 1.29 is 18.1 Å². The Bertz CT molecular complexity index is 1100. The van der Waals surface area contributed by atoms with Crippen LogP contribution in [0.15, 0.2) is 77.7 Å². The van der Waals surface area contributed by atoms with E-state index in [1.807, 2.05) is 54.6 Å². The lowest BCUT2D eigenvalue weighted by atomic mass is 10.2. The maximum atomic E-state index is 12.1. The predicted octanol–water partition coefficient (Wildman–Crippen LogP) is 4.40. The second-order valence-corrected chi connectivity index (χ2v) is 8.07. The highest BCUT2D eigenvalue weighted by Gasteiger charge is 2.18. The molecular weight excluding hydrogens is 380 g/mol. The first-order valence-electron chi connectivity index (χ1n) is 8.38. The quantitative estimate of drug-likeness (QED) is 0.468. The van der Waals surface area contributed by atoms with Crippen LogP contribution in [0, 0.1) is 10.1 Å². The lowest BCUT2D eigenvalue weighted by Crippen LogP contribution is -2.07. The summed E-state index contributed by atoms with van der Waals surface area (Å²) in [5.74, 6) is 1.31. The van der Waals surface area contributed by atoms with Gasteiger partial charge < -0.3 is 10.1 Å². The van der Waals surface area contributed by atoms with Crippen LogP contribution in [-0.2, 0) is 16.4 Å². The number of rotatable bonds is 7. The van der Waals surface area contributed by atoms with E-state index in [2.05, 4.69) is 5.32 Å². The van der Waals surface area contributed by atoms with E-state index in [4.69, 9.17) is 4.74 Å². The summed E-state index contributed by atoms with van der Waals surface area (Å²) in [5.41, 5.74) is 0.825. The van der Waals surface area contributed by atoms with E-state index in [-0.39, 0.29) is 17.1 Å². The molecule has 0 saturated heterocycles. The summed E-state index contributed by atoms with van der Waals surface area (Å²) in [6.07, 6.45) is 1.02. The van der Waals surface area contributed by atoms with E-state index < -0.39 is 14.8 Å². The molecule has 0 aliphatic carbocycles. The molecule has 144 valence electrons. The van der Waals surface area contributed by atoms with Gasteiger partial charge in [0.1, 0.15) is 11.5 Å². The average molecular weight is 398 g/mol. The van der Waals surface area contributed by atoms with Crippen LogP contribution in [0.2, 0.25) is 0 Å². The molecule has 3 aromatic rings. The van der Waals surface area contributed by atoms with Gasteiger partial charge in [-0.15, -0.1) is 0 Å². The minimum atomic E-state index is -3.65. The van der Waals surface area contributed by atoms with Crippen LogP contribution in [-0.4, -0.2) is 19.6 Å². The van der Waals surface area contributed by atoms with Crippen molar-refractivity contribution in [2.75, 3.05) is 11.6 Å². The minimum absolute atomic E-state index is 0.122. The van der Waals surface area contributed by atoms with Crippen molar-refractivity contribution in [2.24, 2.45) is 0 Å². The number of nitro groups is 1. The van der Waals surface area contributed by atoms with Crippen molar-refractivity contribution in [3.8, 4) is 11.5 Å². The smallest absolute Gasteiger partial charge is 0.270 e. The number of sulfone groups is 1. The molecule has 0 atom stereocenters. The Hall–Kier alpha value is -3.39. The molecule has 0 saturated carbocycles. The second-order valence-electron chi connectivity index (χ2n) is 6.09. The van der Waals surface area contributed by atoms with Crippen LogP contribution in [0.4, 0.5) is 11.4 Å². The third kappa shape index (κ3) is 4.66. The lowest BCUT2D eigenvalue weighted by molar-refractivity contribution is -0.385. The van der Waals surface area contributed by atoms with Crippen LogP contribution >= 0.6 is 0 Å². The number of hydrogen-bond acceptors (Lipinski definition) is 6. The number of anilines is 1. The summed E-state index contributed by atoms with van der Waals surface area (Å²) in [7, 11) is -3.65. The third-order valence-electron chi connectivity index (χ3n) is 3.99. The van der Waals surface area contributed by atoms with Gasteiger partial charge in [-0.05, 0) is 24.3 Å². The molecule has 3 rings (SSSR count). The Kier molecular flexibility index (Phi) is 5.60. The Labute approximate surface area is 162 Å². The highest BCUT2D eigenvalue weighted by atomic mass is 32.2. The molecule has 0 radical (unpaired) electrons. The number of hydrogen-bond donors (Lipinski definition) is 1. The van der Waals surface area contributed by atoms with Gasteiger partial charge in [-0.2, -0.15) is 0 Å². The number of nitrogens with one attached hydrogen (secondary N) is 1. The van der Waals surface area contributed by atoms with Gasteiger partial charge in [-0.3, -0.25) is 10.1 Å². The largest absolute Gasteiger partial charge is 0.457 e. The number of nitrogens with zero attached hydrogens (tertiary/aromatic N) is 1. The van der Waals surface area contributed by atoms with Crippen LogP contribution in [0.5, 0.6) is 11.5 Å². The van der Waals surface area contributed by atoms with Crippen molar-refractivity contribution in [3.05, 3.63) is 88.5 Å². The van der Waals surface area contributed by atoms with Gasteiger partial charge in [0, 0.05) is 30.5 Å². The Morgan fingerprint density at radius 3 is 2.36 bits per heavy atom. The monoisotopic (exact) mass is 398 g/mol. The van der Waals surface area contributed by atoms with Gasteiger partial charge in [0.05, 0.1) is 15.5 Å². The topological polar surface area (TPSA) is 98.5 Å². The number of benzene rings is 3. The lowest BCUT2D eigenvalue weighted by Gasteiger charge is -2.14. The van der Waals surface area contributed by atoms with Crippen molar-refractivity contribution in [1.29, 1.82) is 0 Å². The SMILES string of the molecule is CS(=O)(=O)c1cc([N+](=O)[O-])ccc1NCc1ccccc1Oc1ccccc1. The molecule has 0 aliphatic heterocycles. The van der Waals surface area contributed by atoms with Gasteiger partial charge in [-0.25, -0.2) is 8.42 Å². The van der Waals surface area contributed by atoms with Gasteiger partial charge >= 0.3 is 0 Å². The fourth-order valence-corrected chi connectivity index (χ4v) is 3.51. The maximum Gasteiger partial charge on any atom is 0.270 e. The van der Waals surface area contributed by atoms with E-state index >= 15 is 0 Å². The van der Waals surface area contributed by atoms with E-state index in [1.54, 1.807) is 0 Å². The zero-order chi connectivity index (χ0) is 20.1. The first kappa shape index (κ1) is 19.4. The Balaban J connectivity index is 1.86. The summed E-state index contributed by atoms with van der Waals surface area (Å²) in [4.78, 5) is 10.2. The van der Waals surface area contributed by atoms with E-state index in [0.29, 0.717) is 17.2 Å². The zero-order valence-corrected chi connectivity index (χ0v) is 15.8. The fourth-order valence-electron chi connectivity index (χ4n) is 2.63. The van der Waals surface area contributed by atoms with E-state index in [9.17, 15) is 18.5 Å². The number of non-ortho nitro benzene ring substituents is 1.